The van der Waals surface area contributed by atoms with Crippen molar-refractivity contribution < 1.29 is 20.1 Å². The molecule has 0 aliphatic carbocycles. The molecule has 1 amide bonds. The van der Waals surface area contributed by atoms with Crippen molar-refractivity contribution in [3.05, 3.63) is 35.9 Å². The predicted octanol–water partition coefficient (Wildman–Crippen LogP) is -0.430. The van der Waals surface area contributed by atoms with Crippen molar-refractivity contribution in [1.82, 2.24) is 10.6 Å². The van der Waals surface area contributed by atoms with Crippen LogP contribution in [-0.2, 0) is 11.2 Å². The molecule has 6 nitrogen and oxygen atoms in total. The summed E-state index contributed by atoms with van der Waals surface area (Å²) in [6.45, 7) is 2.05. The van der Waals surface area contributed by atoms with Crippen LogP contribution in [0.2, 0.25) is 0 Å². The van der Waals surface area contributed by atoms with Gasteiger partial charge in [0.1, 0.15) is 6.10 Å². The third-order valence-corrected chi connectivity index (χ3v) is 4.52. The lowest BCUT2D eigenvalue weighted by Gasteiger charge is -2.33. The highest BCUT2D eigenvalue weighted by Crippen LogP contribution is 2.32. The Balaban J connectivity index is 2.16. The molecule has 1 fully saturated rings. The molecule has 0 saturated carbocycles. The summed E-state index contributed by atoms with van der Waals surface area (Å²) in [5, 5.41) is 35.8. The standard InChI is InChI=1S/C17H26N2O4/c1-2-18-14(21)10-17(9-8-12-6-4-3-5-7-12)16(23)15(22)13(11-20)19-17/h3-7,13,15-16,19-20,22-23H,2,8-11H2,1H3,(H,18,21)/t13-,15-,16+,17-/m1/s1. The molecule has 23 heavy (non-hydrogen) atoms. The first kappa shape index (κ1) is 17.9. The molecule has 1 aliphatic rings. The van der Waals surface area contributed by atoms with Gasteiger partial charge in [-0.05, 0) is 25.3 Å². The second kappa shape index (κ2) is 7.88. The lowest BCUT2D eigenvalue weighted by Crippen LogP contribution is -2.53. The zero-order valence-electron chi connectivity index (χ0n) is 13.4. The molecule has 5 N–H and O–H groups in total. The number of carbonyl (C=O) groups is 1. The zero-order chi connectivity index (χ0) is 16.9. The maximum absolute atomic E-state index is 12.1. The number of hydrogen-bond donors (Lipinski definition) is 5. The van der Waals surface area contributed by atoms with Crippen LogP contribution >= 0.6 is 0 Å². The second-order valence-electron chi connectivity index (χ2n) is 6.14. The number of nitrogens with one attached hydrogen (secondary N) is 2. The van der Waals surface area contributed by atoms with Crippen molar-refractivity contribution in [1.29, 1.82) is 0 Å². The third-order valence-electron chi connectivity index (χ3n) is 4.52. The average Bonchev–Trinajstić information content (AvgIpc) is 2.79. The molecule has 6 heteroatoms. The van der Waals surface area contributed by atoms with Gasteiger partial charge < -0.3 is 26.0 Å². The van der Waals surface area contributed by atoms with Crippen molar-refractivity contribution in [3.63, 3.8) is 0 Å². The van der Waals surface area contributed by atoms with Crippen LogP contribution in [-0.4, -0.2) is 58.2 Å². The summed E-state index contributed by atoms with van der Waals surface area (Å²) in [7, 11) is 0. The Labute approximate surface area is 136 Å². The van der Waals surface area contributed by atoms with Gasteiger partial charge in [0.05, 0.1) is 24.3 Å². The van der Waals surface area contributed by atoms with E-state index >= 15 is 0 Å². The highest BCUT2D eigenvalue weighted by atomic mass is 16.3. The van der Waals surface area contributed by atoms with Gasteiger partial charge in [0, 0.05) is 13.0 Å². The quantitative estimate of drug-likeness (QED) is 0.469. The summed E-state index contributed by atoms with van der Waals surface area (Å²) in [5.41, 5.74) is 0.153. The molecule has 0 radical (unpaired) electrons. The topological polar surface area (TPSA) is 102 Å². The monoisotopic (exact) mass is 322 g/mol. The number of carbonyl (C=O) groups excluding carboxylic acids is 1. The Kier molecular flexibility index (Phi) is 6.12. The second-order valence-corrected chi connectivity index (χ2v) is 6.14. The van der Waals surface area contributed by atoms with Crippen LogP contribution in [0.4, 0.5) is 0 Å². The predicted molar refractivity (Wildman–Crippen MR) is 86.8 cm³/mol. The van der Waals surface area contributed by atoms with Crippen molar-refractivity contribution in [2.24, 2.45) is 0 Å². The van der Waals surface area contributed by atoms with Gasteiger partial charge in [-0.25, -0.2) is 0 Å². The molecule has 1 saturated heterocycles. The molecule has 1 aromatic rings. The Hall–Kier alpha value is -1.47. The molecular formula is C17H26N2O4. The van der Waals surface area contributed by atoms with Crippen LogP contribution in [0, 0.1) is 0 Å². The minimum absolute atomic E-state index is 0.0579. The Bertz CT molecular complexity index is 511. The van der Waals surface area contributed by atoms with Gasteiger partial charge >= 0.3 is 0 Å². The normalized spacial score (nSPS) is 30.3. The van der Waals surface area contributed by atoms with E-state index < -0.39 is 23.8 Å². The van der Waals surface area contributed by atoms with Crippen molar-refractivity contribution in [2.45, 2.75) is 50.0 Å². The zero-order valence-corrected chi connectivity index (χ0v) is 13.4. The van der Waals surface area contributed by atoms with E-state index in [0.29, 0.717) is 19.4 Å². The number of aliphatic hydroxyl groups is 3. The summed E-state index contributed by atoms with van der Waals surface area (Å²) in [4.78, 5) is 12.1. The fraction of sp³-hybridized carbons (Fsp3) is 0.588. The van der Waals surface area contributed by atoms with E-state index in [9.17, 15) is 20.1 Å². The van der Waals surface area contributed by atoms with Crippen LogP contribution in [0.15, 0.2) is 30.3 Å². The van der Waals surface area contributed by atoms with Crippen molar-refractivity contribution in [3.8, 4) is 0 Å². The molecule has 0 aromatic heterocycles. The third kappa shape index (κ3) is 4.09. The Morgan fingerprint density at radius 1 is 1.30 bits per heavy atom. The molecule has 0 unspecified atom stereocenters. The summed E-state index contributed by atoms with van der Waals surface area (Å²) >= 11 is 0. The minimum Gasteiger partial charge on any atom is -0.395 e. The van der Waals surface area contributed by atoms with Crippen LogP contribution in [0.3, 0.4) is 0 Å². The van der Waals surface area contributed by atoms with Crippen LogP contribution < -0.4 is 10.6 Å². The average molecular weight is 322 g/mol. The molecule has 0 bridgehead atoms. The maximum atomic E-state index is 12.1. The van der Waals surface area contributed by atoms with Gasteiger partial charge in [-0.15, -0.1) is 0 Å². The van der Waals surface area contributed by atoms with Crippen LogP contribution in [0.25, 0.3) is 0 Å². The first-order valence-electron chi connectivity index (χ1n) is 8.07. The minimum atomic E-state index is -1.11. The lowest BCUT2D eigenvalue weighted by atomic mass is 9.83. The summed E-state index contributed by atoms with van der Waals surface area (Å²) in [6, 6.07) is 9.16. The molecular weight excluding hydrogens is 296 g/mol. The first-order chi connectivity index (χ1) is 11.0. The number of rotatable bonds is 7. The smallest absolute Gasteiger partial charge is 0.221 e. The SMILES string of the molecule is CCNC(=O)C[C@@]1(CCc2ccccc2)N[C@H](CO)[C@@H](O)[C@@H]1O. The molecule has 1 aromatic carbocycles. The van der Waals surface area contributed by atoms with E-state index in [0.717, 1.165) is 5.56 Å². The van der Waals surface area contributed by atoms with Gasteiger partial charge in [-0.2, -0.15) is 0 Å². The number of aryl methyl sites for hydroxylation is 1. The molecule has 1 heterocycles. The van der Waals surface area contributed by atoms with Crippen LogP contribution in [0.1, 0.15) is 25.3 Å². The fourth-order valence-corrected chi connectivity index (χ4v) is 3.26. The summed E-state index contributed by atoms with van der Waals surface area (Å²) in [5.74, 6) is -0.182. The lowest BCUT2D eigenvalue weighted by molar-refractivity contribution is -0.124. The van der Waals surface area contributed by atoms with Gasteiger partial charge in [0.15, 0.2) is 0 Å². The molecule has 2 rings (SSSR count). The number of aliphatic hydroxyl groups excluding tert-OH is 3. The first-order valence-corrected chi connectivity index (χ1v) is 8.07. The molecule has 4 atom stereocenters. The van der Waals surface area contributed by atoms with Crippen molar-refractivity contribution >= 4 is 5.91 Å². The number of amides is 1. The largest absolute Gasteiger partial charge is 0.395 e. The summed E-state index contributed by atoms with van der Waals surface area (Å²) in [6.07, 6.45) is -0.989. The summed E-state index contributed by atoms with van der Waals surface area (Å²) < 4.78 is 0. The maximum Gasteiger partial charge on any atom is 0.221 e. The van der Waals surface area contributed by atoms with E-state index in [-0.39, 0.29) is 18.9 Å². The van der Waals surface area contributed by atoms with Crippen molar-refractivity contribution in [2.75, 3.05) is 13.2 Å². The van der Waals surface area contributed by atoms with Gasteiger partial charge in [-0.1, -0.05) is 30.3 Å². The highest BCUT2D eigenvalue weighted by molar-refractivity contribution is 5.77. The van der Waals surface area contributed by atoms with E-state index in [1.165, 1.54) is 0 Å². The Morgan fingerprint density at radius 2 is 2.00 bits per heavy atom. The van der Waals surface area contributed by atoms with Gasteiger partial charge in [-0.3, -0.25) is 4.79 Å². The van der Waals surface area contributed by atoms with E-state index in [2.05, 4.69) is 10.6 Å². The number of benzene rings is 1. The fourth-order valence-electron chi connectivity index (χ4n) is 3.26. The molecule has 0 spiro atoms. The Morgan fingerprint density at radius 3 is 2.57 bits per heavy atom. The van der Waals surface area contributed by atoms with Crippen LogP contribution in [0.5, 0.6) is 0 Å². The van der Waals surface area contributed by atoms with Gasteiger partial charge in [0.25, 0.3) is 0 Å². The van der Waals surface area contributed by atoms with E-state index in [4.69, 9.17) is 0 Å². The van der Waals surface area contributed by atoms with Gasteiger partial charge in [0.2, 0.25) is 5.91 Å². The molecule has 128 valence electrons. The molecule has 1 aliphatic heterocycles. The van der Waals surface area contributed by atoms with E-state index in [1.54, 1.807) is 0 Å². The van der Waals surface area contributed by atoms with E-state index in [1.807, 2.05) is 37.3 Å². The highest BCUT2D eigenvalue weighted by Gasteiger charge is 2.52. The number of hydrogen-bond acceptors (Lipinski definition) is 5.